The number of anilines is 1. The predicted octanol–water partition coefficient (Wildman–Crippen LogP) is 6.00. The quantitative estimate of drug-likeness (QED) is 0.292. The van der Waals surface area contributed by atoms with Crippen LogP contribution in [0.2, 0.25) is 0 Å². The van der Waals surface area contributed by atoms with Crippen LogP contribution in [0.4, 0.5) is 5.69 Å². The average molecular weight is 535 g/mol. The van der Waals surface area contributed by atoms with Gasteiger partial charge in [0, 0.05) is 30.5 Å². The van der Waals surface area contributed by atoms with Gasteiger partial charge in [0.15, 0.2) is 0 Å². The molecule has 0 N–H and O–H groups in total. The number of hydrogen-bond donors (Lipinski definition) is 0. The summed E-state index contributed by atoms with van der Waals surface area (Å²) in [5, 5.41) is 0. The molecule has 6 nitrogen and oxygen atoms in total. The lowest BCUT2D eigenvalue weighted by atomic mass is 9.95. The first-order valence-corrected chi connectivity index (χ1v) is 13.9. The largest absolute Gasteiger partial charge is 0.340 e. The predicted molar refractivity (Wildman–Crippen MR) is 162 cm³/mol. The molecular formula is C34H38N4O2. The number of carbonyl (C=O) groups is 2. The van der Waals surface area contributed by atoms with E-state index in [1.807, 2.05) is 86.7 Å². The summed E-state index contributed by atoms with van der Waals surface area (Å²) in [4.78, 5) is 33.3. The number of nitrogens with zero attached hydrogens (tertiary/aromatic N) is 4. The van der Waals surface area contributed by atoms with Crippen molar-refractivity contribution in [2.24, 2.45) is 0 Å². The first kappa shape index (κ1) is 27.4. The molecule has 0 saturated heterocycles. The molecule has 0 bridgehead atoms. The van der Waals surface area contributed by atoms with Crippen molar-refractivity contribution in [2.45, 2.75) is 33.4 Å². The van der Waals surface area contributed by atoms with Gasteiger partial charge in [0.05, 0.1) is 13.1 Å². The lowest BCUT2D eigenvalue weighted by molar-refractivity contribution is 0.0780. The summed E-state index contributed by atoms with van der Waals surface area (Å²) in [6.45, 7) is 6.73. The zero-order valence-electron chi connectivity index (χ0n) is 24.1. The Hall–Kier alpha value is -4.16. The number of hydrogen-bond acceptors (Lipinski definition) is 3. The second-order valence-corrected chi connectivity index (χ2v) is 11.0. The van der Waals surface area contributed by atoms with Crippen molar-refractivity contribution in [2.75, 3.05) is 39.1 Å². The number of para-hydroxylation sites is 1. The maximum atomic E-state index is 14.1. The van der Waals surface area contributed by atoms with Crippen molar-refractivity contribution in [3.8, 4) is 11.1 Å². The van der Waals surface area contributed by atoms with E-state index in [2.05, 4.69) is 41.5 Å². The topological polar surface area (TPSA) is 48.8 Å². The van der Waals surface area contributed by atoms with Crippen LogP contribution in [0.5, 0.6) is 0 Å². The third-order valence-electron chi connectivity index (χ3n) is 7.82. The van der Waals surface area contributed by atoms with E-state index < -0.39 is 0 Å². The Morgan fingerprint density at radius 2 is 1.50 bits per heavy atom. The minimum absolute atomic E-state index is 0.00434. The normalized spacial score (nSPS) is 12.6. The first-order chi connectivity index (χ1) is 19.2. The van der Waals surface area contributed by atoms with Crippen LogP contribution in [0.3, 0.4) is 0 Å². The molecule has 1 aromatic heterocycles. The third-order valence-corrected chi connectivity index (χ3v) is 7.82. The highest BCUT2D eigenvalue weighted by atomic mass is 16.2. The van der Waals surface area contributed by atoms with E-state index in [-0.39, 0.29) is 11.8 Å². The first-order valence-electron chi connectivity index (χ1n) is 13.9. The van der Waals surface area contributed by atoms with Gasteiger partial charge in [-0.15, -0.1) is 0 Å². The van der Waals surface area contributed by atoms with E-state index in [1.54, 1.807) is 4.90 Å². The van der Waals surface area contributed by atoms with Gasteiger partial charge in [-0.05, 0) is 99.1 Å². The van der Waals surface area contributed by atoms with Crippen molar-refractivity contribution in [3.63, 3.8) is 0 Å². The fraction of sp³-hybridized carbons (Fsp3) is 0.294. The third kappa shape index (κ3) is 5.45. The van der Waals surface area contributed by atoms with Crippen LogP contribution in [0.25, 0.3) is 11.1 Å². The van der Waals surface area contributed by atoms with E-state index in [4.69, 9.17) is 0 Å². The number of fused-ring (bicyclic) bond motifs is 2. The van der Waals surface area contributed by atoms with Gasteiger partial charge in [-0.25, -0.2) is 0 Å². The van der Waals surface area contributed by atoms with E-state index in [1.165, 1.54) is 11.1 Å². The van der Waals surface area contributed by atoms with E-state index in [0.29, 0.717) is 30.9 Å². The summed E-state index contributed by atoms with van der Waals surface area (Å²) in [5.74, 6) is -0.0418. The molecule has 4 aromatic rings. The number of aromatic nitrogens is 1. The zero-order valence-corrected chi connectivity index (χ0v) is 24.1. The van der Waals surface area contributed by atoms with Crippen molar-refractivity contribution >= 4 is 17.5 Å². The molecular weight excluding hydrogens is 496 g/mol. The Kier molecular flexibility index (Phi) is 7.90. The highest BCUT2D eigenvalue weighted by molar-refractivity contribution is 6.07. The van der Waals surface area contributed by atoms with Gasteiger partial charge in [-0.1, -0.05) is 48.5 Å². The van der Waals surface area contributed by atoms with Crippen molar-refractivity contribution in [1.82, 2.24) is 14.4 Å². The van der Waals surface area contributed by atoms with Crippen LogP contribution >= 0.6 is 0 Å². The molecule has 6 heteroatoms. The van der Waals surface area contributed by atoms with Gasteiger partial charge in [-0.3, -0.25) is 9.59 Å². The molecule has 5 rings (SSSR count). The second-order valence-electron chi connectivity index (χ2n) is 11.0. The molecule has 2 heterocycles. The molecule has 0 atom stereocenters. The van der Waals surface area contributed by atoms with E-state index in [9.17, 15) is 9.59 Å². The number of carbonyl (C=O) groups excluding carboxylic acids is 2. The molecule has 0 unspecified atom stereocenters. The molecule has 1 aliphatic heterocycles. The van der Waals surface area contributed by atoms with E-state index >= 15 is 0 Å². The zero-order chi connectivity index (χ0) is 28.4. The molecule has 206 valence electrons. The molecule has 0 spiro atoms. The van der Waals surface area contributed by atoms with Crippen LogP contribution in [0.1, 0.15) is 49.7 Å². The Morgan fingerprint density at radius 3 is 2.25 bits per heavy atom. The van der Waals surface area contributed by atoms with Crippen LogP contribution in [0.15, 0.2) is 78.9 Å². The Balaban J connectivity index is 1.45. The summed E-state index contributed by atoms with van der Waals surface area (Å²) in [6.07, 6.45) is 0.913. The summed E-state index contributed by atoms with van der Waals surface area (Å²) in [6, 6.07) is 26.2. The maximum absolute atomic E-state index is 14.1. The molecule has 3 aromatic carbocycles. The number of amides is 2. The summed E-state index contributed by atoms with van der Waals surface area (Å²) in [7, 11) is 5.94. The van der Waals surface area contributed by atoms with Gasteiger partial charge < -0.3 is 19.3 Å². The Morgan fingerprint density at radius 1 is 0.775 bits per heavy atom. The highest BCUT2D eigenvalue weighted by Crippen LogP contribution is 2.32. The lowest BCUT2D eigenvalue weighted by Crippen LogP contribution is -2.32. The van der Waals surface area contributed by atoms with Crippen LogP contribution < -0.4 is 4.90 Å². The molecule has 40 heavy (non-hydrogen) atoms. The fourth-order valence-corrected chi connectivity index (χ4v) is 5.58. The fourth-order valence-electron chi connectivity index (χ4n) is 5.58. The highest BCUT2D eigenvalue weighted by Gasteiger charge is 2.28. The van der Waals surface area contributed by atoms with Crippen molar-refractivity contribution in [3.05, 3.63) is 113 Å². The van der Waals surface area contributed by atoms with E-state index in [0.717, 1.165) is 41.0 Å². The Bertz CT molecular complexity index is 1550. The smallest absolute Gasteiger partial charge is 0.270 e. The molecule has 1 aliphatic rings. The van der Waals surface area contributed by atoms with Gasteiger partial charge >= 0.3 is 0 Å². The SMILES string of the molecule is Cc1ccccc1-c1ccc(C(=O)N2Cc3ccc(C(=O)N(C)CCCN(C)C)n3Cc3ccccc32)cc1C. The average Bonchev–Trinajstić information content (AvgIpc) is 3.25. The summed E-state index contributed by atoms with van der Waals surface area (Å²) in [5.41, 5.74) is 8.75. The van der Waals surface area contributed by atoms with Crippen LogP contribution in [0, 0.1) is 13.8 Å². The standard InChI is InChI=1S/C34H38N4O2/c1-24-11-6-8-13-29(24)30-17-15-26(21-25(30)2)33(39)38-23-28-16-18-32(34(40)36(5)20-10-19-35(3)4)37(28)22-27-12-7-9-14-31(27)38/h6-9,11-18,21H,10,19-20,22-23H2,1-5H3. The number of benzene rings is 3. The monoisotopic (exact) mass is 534 g/mol. The maximum Gasteiger partial charge on any atom is 0.270 e. The van der Waals surface area contributed by atoms with Crippen molar-refractivity contribution in [1.29, 1.82) is 0 Å². The minimum Gasteiger partial charge on any atom is -0.340 e. The Labute approximate surface area is 237 Å². The van der Waals surface area contributed by atoms with Crippen LogP contribution in [-0.4, -0.2) is 60.4 Å². The number of aryl methyl sites for hydroxylation is 2. The van der Waals surface area contributed by atoms with Gasteiger partial charge in [0.1, 0.15) is 5.69 Å². The number of rotatable bonds is 7. The molecule has 2 amide bonds. The lowest BCUT2D eigenvalue weighted by Gasteiger charge is -2.23. The minimum atomic E-state index is -0.0461. The molecule has 0 aliphatic carbocycles. The molecule has 0 radical (unpaired) electrons. The summed E-state index contributed by atoms with van der Waals surface area (Å²) >= 11 is 0. The van der Waals surface area contributed by atoms with Gasteiger partial charge in [0.2, 0.25) is 0 Å². The molecule has 0 fully saturated rings. The van der Waals surface area contributed by atoms with Crippen LogP contribution in [-0.2, 0) is 13.1 Å². The van der Waals surface area contributed by atoms with Gasteiger partial charge in [-0.2, -0.15) is 0 Å². The molecule has 0 saturated carbocycles. The second kappa shape index (κ2) is 11.5. The van der Waals surface area contributed by atoms with Gasteiger partial charge in [0.25, 0.3) is 11.8 Å². The van der Waals surface area contributed by atoms with Crippen molar-refractivity contribution < 1.29 is 9.59 Å². The summed E-state index contributed by atoms with van der Waals surface area (Å²) < 4.78 is 2.07.